The van der Waals surface area contributed by atoms with Crippen molar-refractivity contribution >= 4 is 11.6 Å². The lowest BCUT2D eigenvalue weighted by Crippen LogP contribution is -2.28. The van der Waals surface area contributed by atoms with E-state index in [1.165, 1.54) is 32.1 Å². The summed E-state index contributed by atoms with van der Waals surface area (Å²) in [7, 11) is 2.16. The molecule has 1 N–H and O–H groups in total. The fourth-order valence-electron chi connectivity index (χ4n) is 3.03. The van der Waals surface area contributed by atoms with Gasteiger partial charge < -0.3 is 10.2 Å². The molecule has 0 atom stereocenters. The number of anilines is 2. The van der Waals surface area contributed by atoms with Crippen LogP contribution in [0, 0.1) is 5.92 Å². The highest BCUT2D eigenvalue weighted by atomic mass is 15.2. The van der Waals surface area contributed by atoms with Crippen LogP contribution in [0.25, 0.3) is 0 Å². The van der Waals surface area contributed by atoms with Crippen LogP contribution in [-0.4, -0.2) is 30.1 Å². The van der Waals surface area contributed by atoms with Crippen molar-refractivity contribution in [2.45, 2.75) is 58.8 Å². The van der Waals surface area contributed by atoms with Crippen molar-refractivity contribution < 1.29 is 0 Å². The second-order valence-electron chi connectivity index (χ2n) is 6.54. The third-order valence-electron chi connectivity index (χ3n) is 4.25. The molecule has 1 aliphatic carbocycles. The topological polar surface area (TPSA) is 41.0 Å². The van der Waals surface area contributed by atoms with Crippen LogP contribution >= 0.6 is 0 Å². The summed E-state index contributed by atoms with van der Waals surface area (Å²) >= 11 is 0. The van der Waals surface area contributed by atoms with E-state index in [2.05, 4.69) is 49.1 Å². The van der Waals surface area contributed by atoms with Crippen LogP contribution in [-0.2, 0) is 0 Å². The Balaban J connectivity index is 2.12. The van der Waals surface area contributed by atoms with Crippen molar-refractivity contribution in [1.82, 2.24) is 9.97 Å². The van der Waals surface area contributed by atoms with Crippen molar-refractivity contribution in [3.05, 3.63) is 11.9 Å². The quantitative estimate of drug-likeness (QED) is 0.858. The predicted octanol–water partition coefficient (Wildman–Crippen LogP) is 4.05. The Kier molecular flexibility index (Phi) is 5.83. The zero-order valence-electron chi connectivity index (χ0n) is 14.0. The van der Waals surface area contributed by atoms with Crippen LogP contribution in [0.3, 0.4) is 0 Å². The van der Waals surface area contributed by atoms with Gasteiger partial charge in [0.15, 0.2) is 0 Å². The molecule has 1 aliphatic rings. The molecule has 0 spiro atoms. The first-order chi connectivity index (χ1) is 10.1. The molecule has 0 radical (unpaired) electrons. The van der Waals surface area contributed by atoms with Gasteiger partial charge in [-0.2, -0.15) is 0 Å². The molecule has 1 aromatic rings. The van der Waals surface area contributed by atoms with E-state index in [1.807, 2.05) is 0 Å². The average molecular weight is 290 g/mol. The van der Waals surface area contributed by atoms with Crippen molar-refractivity contribution in [3.63, 3.8) is 0 Å². The number of nitrogens with zero attached hydrogens (tertiary/aromatic N) is 3. The highest BCUT2D eigenvalue weighted by Gasteiger charge is 2.17. The molecule has 0 amide bonds. The molecule has 0 aromatic carbocycles. The van der Waals surface area contributed by atoms with E-state index in [-0.39, 0.29) is 0 Å². The maximum atomic E-state index is 4.76. The van der Waals surface area contributed by atoms with Crippen molar-refractivity contribution in [2.75, 3.05) is 30.4 Å². The third kappa shape index (κ3) is 4.58. The Morgan fingerprint density at radius 2 is 1.95 bits per heavy atom. The molecular formula is C17H30N4. The van der Waals surface area contributed by atoms with Gasteiger partial charge in [-0.25, -0.2) is 9.97 Å². The highest BCUT2D eigenvalue weighted by Crippen LogP contribution is 2.26. The minimum atomic E-state index is 0.352. The molecule has 0 aliphatic heterocycles. The molecule has 4 nitrogen and oxygen atoms in total. The summed E-state index contributed by atoms with van der Waals surface area (Å²) < 4.78 is 0. The zero-order chi connectivity index (χ0) is 15.2. The van der Waals surface area contributed by atoms with Crippen LogP contribution in [0.5, 0.6) is 0 Å². The van der Waals surface area contributed by atoms with Gasteiger partial charge in [0.05, 0.1) is 0 Å². The van der Waals surface area contributed by atoms with Gasteiger partial charge in [0, 0.05) is 32.1 Å². The predicted molar refractivity (Wildman–Crippen MR) is 90.1 cm³/mol. The van der Waals surface area contributed by atoms with Crippen LogP contribution < -0.4 is 10.2 Å². The summed E-state index contributed by atoms with van der Waals surface area (Å²) in [4.78, 5) is 11.7. The number of aromatic nitrogens is 2. The molecular weight excluding hydrogens is 260 g/mol. The van der Waals surface area contributed by atoms with Gasteiger partial charge >= 0.3 is 0 Å². The summed E-state index contributed by atoms with van der Waals surface area (Å²) in [6.07, 6.45) is 6.93. The van der Waals surface area contributed by atoms with Gasteiger partial charge in [-0.05, 0) is 25.7 Å². The Bertz CT molecular complexity index is 438. The van der Waals surface area contributed by atoms with E-state index in [9.17, 15) is 0 Å². The summed E-state index contributed by atoms with van der Waals surface area (Å²) in [6.45, 7) is 8.40. The van der Waals surface area contributed by atoms with E-state index in [1.54, 1.807) is 0 Å². The first kappa shape index (κ1) is 16.1. The van der Waals surface area contributed by atoms with Crippen molar-refractivity contribution in [2.24, 2.45) is 5.92 Å². The lowest BCUT2D eigenvalue weighted by Gasteiger charge is -2.28. The molecule has 0 unspecified atom stereocenters. The summed E-state index contributed by atoms with van der Waals surface area (Å²) in [5, 5.41) is 3.32. The normalized spacial score (nSPS) is 16.2. The van der Waals surface area contributed by atoms with Gasteiger partial charge in [0.2, 0.25) is 0 Å². The molecule has 21 heavy (non-hydrogen) atoms. The Morgan fingerprint density at radius 3 is 2.57 bits per heavy atom. The number of hydrogen-bond acceptors (Lipinski definition) is 4. The van der Waals surface area contributed by atoms with E-state index >= 15 is 0 Å². The average Bonchev–Trinajstić information content (AvgIpc) is 2.48. The van der Waals surface area contributed by atoms with Crippen LogP contribution in [0.1, 0.15) is 64.6 Å². The summed E-state index contributed by atoms with van der Waals surface area (Å²) in [6, 6.07) is 2.08. The van der Waals surface area contributed by atoms with Gasteiger partial charge in [-0.1, -0.05) is 33.1 Å². The smallest absolute Gasteiger partial charge is 0.135 e. The third-order valence-corrected chi connectivity index (χ3v) is 4.25. The number of nitrogens with one attached hydrogen (secondary N) is 1. The van der Waals surface area contributed by atoms with Crippen LogP contribution in [0.2, 0.25) is 0 Å². The van der Waals surface area contributed by atoms with E-state index < -0.39 is 0 Å². The lowest BCUT2D eigenvalue weighted by atomic mass is 9.89. The molecule has 1 saturated carbocycles. The van der Waals surface area contributed by atoms with Crippen LogP contribution in [0.15, 0.2) is 6.07 Å². The maximum absolute atomic E-state index is 4.76. The minimum absolute atomic E-state index is 0.352. The Labute approximate surface area is 129 Å². The fourth-order valence-corrected chi connectivity index (χ4v) is 3.03. The Morgan fingerprint density at radius 1 is 1.24 bits per heavy atom. The first-order valence-electron chi connectivity index (χ1n) is 8.44. The van der Waals surface area contributed by atoms with Crippen molar-refractivity contribution in [3.8, 4) is 0 Å². The minimum Gasteiger partial charge on any atom is -0.370 e. The summed E-state index contributed by atoms with van der Waals surface area (Å²) in [5.74, 6) is 4.10. The molecule has 1 heterocycles. The summed E-state index contributed by atoms with van der Waals surface area (Å²) in [5.41, 5.74) is 0. The van der Waals surface area contributed by atoms with Crippen molar-refractivity contribution in [1.29, 1.82) is 0 Å². The van der Waals surface area contributed by atoms with Crippen LogP contribution in [0.4, 0.5) is 11.6 Å². The molecule has 118 valence electrons. The van der Waals surface area contributed by atoms with E-state index in [4.69, 9.17) is 4.98 Å². The highest BCUT2D eigenvalue weighted by molar-refractivity contribution is 5.49. The van der Waals surface area contributed by atoms with Gasteiger partial charge in [-0.3, -0.25) is 0 Å². The second-order valence-corrected chi connectivity index (χ2v) is 6.54. The first-order valence-corrected chi connectivity index (χ1v) is 8.44. The molecule has 1 aromatic heterocycles. The van der Waals surface area contributed by atoms with Gasteiger partial charge in [0.25, 0.3) is 0 Å². The molecule has 0 bridgehead atoms. The van der Waals surface area contributed by atoms with Gasteiger partial charge in [-0.15, -0.1) is 0 Å². The van der Waals surface area contributed by atoms with E-state index in [0.717, 1.165) is 36.5 Å². The number of rotatable bonds is 6. The lowest BCUT2D eigenvalue weighted by molar-refractivity contribution is 0.361. The molecule has 0 saturated heterocycles. The SMILES string of the molecule is CCNc1cc(N(C)CC2CCCCC2)nc(C(C)C)n1. The molecule has 1 fully saturated rings. The van der Waals surface area contributed by atoms with E-state index in [0.29, 0.717) is 5.92 Å². The Hall–Kier alpha value is -1.32. The second kappa shape index (κ2) is 7.62. The monoisotopic (exact) mass is 290 g/mol. The molecule has 4 heteroatoms. The van der Waals surface area contributed by atoms with Gasteiger partial charge in [0.1, 0.15) is 17.5 Å². The standard InChI is InChI=1S/C17H30N4/c1-5-18-15-11-16(20-17(19-15)13(2)3)21(4)12-14-9-7-6-8-10-14/h11,13-14H,5-10,12H2,1-4H3,(H,18,19,20). The maximum Gasteiger partial charge on any atom is 0.135 e. The fraction of sp³-hybridized carbons (Fsp3) is 0.765. The largest absolute Gasteiger partial charge is 0.370 e. The zero-order valence-corrected chi connectivity index (χ0v) is 14.0. The molecule has 2 rings (SSSR count). The number of hydrogen-bond donors (Lipinski definition) is 1.